The third-order valence-corrected chi connectivity index (χ3v) is 2.97. The molecular weight excluding hydrogens is 200 g/mol. The van der Waals surface area contributed by atoms with Gasteiger partial charge in [-0.2, -0.15) is 0 Å². The minimum absolute atomic E-state index is 0.217. The standard InChI is InChI=1S/C14H28O2/c1-4-6-7-11-14(16-3)12-8-10-13(15)9-5-2/h5,13-15H,2,4,6-12H2,1,3H3/t13-,14+/m1/s1. The Morgan fingerprint density at radius 2 is 1.88 bits per heavy atom. The van der Waals surface area contributed by atoms with E-state index in [2.05, 4.69) is 13.5 Å². The van der Waals surface area contributed by atoms with Gasteiger partial charge in [0.05, 0.1) is 12.2 Å². The predicted molar refractivity (Wildman–Crippen MR) is 69.6 cm³/mol. The van der Waals surface area contributed by atoms with Gasteiger partial charge in [0, 0.05) is 7.11 Å². The topological polar surface area (TPSA) is 29.5 Å². The van der Waals surface area contributed by atoms with E-state index in [-0.39, 0.29) is 6.10 Å². The Bertz CT molecular complexity index is 157. The molecule has 0 aromatic carbocycles. The fraction of sp³-hybridized carbons (Fsp3) is 0.857. The van der Waals surface area contributed by atoms with Crippen molar-refractivity contribution in [1.29, 1.82) is 0 Å². The van der Waals surface area contributed by atoms with Crippen molar-refractivity contribution in [3.8, 4) is 0 Å². The van der Waals surface area contributed by atoms with Gasteiger partial charge >= 0.3 is 0 Å². The van der Waals surface area contributed by atoms with Crippen LogP contribution in [-0.2, 0) is 4.74 Å². The van der Waals surface area contributed by atoms with Gasteiger partial charge in [0.2, 0.25) is 0 Å². The highest BCUT2D eigenvalue weighted by Crippen LogP contribution is 2.14. The molecule has 0 bridgehead atoms. The minimum atomic E-state index is -0.217. The van der Waals surface area contributed by atoms with E-state index in [9.17, 15) is 5.11 Å². The molecule has 0 aliphatic rings. The summed E-state index contributed by atoms with van der Waals surface area (Å²) >= 11 is 0. The first-order valence-corrected chi connectivity index (χ1v) is 6.56. The first-order valence-electron chi connectivity index (χ1n) is 6.56. The smallest absolute Gasteiger partial charge is 0.0574 e. The van der Waals surface area contributed by atoms with Crippen LogP contribution in [0.3, 0.4) is 0 Å². The van der Waals surface area contributed by atoms with Crippen LogP contribution in [0.2, 0.25) is 0 Å². The van der Waals surface area contributed by atoms with E-state index >= 15 is 0 Å². The molecule has 0 aliphatic carbocycles. The SMILES string of the molecule is C=CC[C@@H](O)CCC[C@H](CCCCC)OC. The van der Waals surface area contributed by atoms with Crippen molar-refractivity contribution in [3.05, 3.63) is 12.7 Å². The second-order valence-electron chi connectivity index (χ2n) is 4.46. The molecule has 0 unspecified atom stereocenters. The van der Waals surface area contributed by atoms with Crippen LogP contribution in [0.1, 0.15) is 58.3 Å². The van der Waals surface area contributed by atoms with Gasteiger partial charge in [0.15, 0.2) is 0 Å². The highest BCUT2D eigenvalue weighted by Gasteiger charge is 2.08. The first-order chi connectivity index (χ1) is 7.74. The highest BCUT2D eigenvalue weighted by atomic mass is 16.5. The van der Waals surface area contributed by atoms with Crippen molar-refractivity contribution >= 4 is 0 Å². The minimum Gasteiger partial charge on any atom is -0.393 e. The molecule has 0 aromatic rings. The van der Waals surface area contributed by atoms with Gasteiger partial charge in [-0.3, -0.25) is 0 Å². The van der Waals surface area contributed by atoms with Crippen molar-refractivity contribution < 1.29 is 9.84 Å². The van der Waals surface area contributed by atoms with Crippen LogP contribution >= 0.6 is 0 Å². The number of unbranched alkanes of at least 4 members (excludes halogenated alkanes) is 2. The molecule has 16 heavy (non-hydrogen) atoms. The van der Waals surface area contributed by atoms with E-state index < -0.39 is 0 Å². The highest BCUT2D eigenvalue weighted by molar-refractivity contribution is 4.72. The molecule has 0 heterocycles. The molecule has 0 aliphatic heterocycles. The number of methoxy groups -OCH3 is 1. The van der Waals surface area contributed by atoms with Crippen LogP contribution in [0.15, 0.2) is 12.7 Å². The lowest BCUT2D eigenvalue weighted by atomic mass is 10.0. The number of hydrogen-bond acceptors (Lipinski definition) is 2. The zero-order chi connectivity index (χ0) is 12.2. The Labute approximate surface area is 101 Å². The Morgan fingerprint density at radius 1 is 1.19 bits per heavy atom. The number of aliphatic hydroxyl groups excluding tert-OH is 1. The average Bonchev–Trinajstić information content (AvgIpc) is 2.27. The van der Waals surface area contributed by atoms with Gasteiger partial charge in [-0.1, -0.05) is 32.3 Å². The molecule has 0 radical (unpaired) electrons. The molecule has 0 spiro atoms. The summed E-state index contributed by atoms with van der Waals surface area (Å²) in [5.41, 5.74) is 0. The normalized spacial score (nSPS) is 14.7. The average molecular weight is 228 g/mol. The summed E-state index contributed by atoms with van der Waals surface area (Å²) in [5, 5.41) is 9.54. The maximum absolute atomic E-state index is 9.54. The summed E-state index contributed by atoms with van der Waals surface area (Å²) in [4.78, 5) is 0. The second-order valence-corrected chi connectivity index (χ2v) is 4.46. The molecule has 0 aromatic heterocycles. The maximum Gasteiger partial charge on any atom is 0.0574 e. The molecule has 2 nitrogen and oxygen atoms in total. The maximum atomic E-state index is 9.54. The van der Waals surface area contributed by atoms with Gasteiger partial charge in [-0.25, -0.2) is 0 Å². The molecule has 0 rings (SSSR count). The first kappa shape index (κ1) is 15.7. The molecule has 1 N–H and O–H groups in total. The molecule has 2 heteroatoms. The predicted octanol–water partition coefficient (Wildman–Crippen LogP) is 3.69. The van der Waals surface area contributed by atoms with Gasteiger partial charge in [-0.15, -0.1) is 6.58 Å². The van der Waals surface area contributed by atoms with Crippen molar-refractivity contribution in [1.82, 2.24) is 0 Å². The number of rotatable bonds is 11. The van der Waals surface area contributed by atoms with Crippen LogP contribution in [0.25, 0.3) is 0 Å². The Kier molecular flexibility index (Phi) is 10.9. The molecule has 0 amide bonds. The quantitative estimate of drug-likeness (QED) is 0.432. The molecule has 96 valence electrons. The van der Waals surface area contributed by atoms with Crippen LogP contribution < -0.4 is 0 Å². The molecule has 0 saturated carbocycles. The molecule has 0 fully saturated rings. The van der Waals surface area contributed by atoms with Crippen molar-refractivity contribution in [3.63, 3.8) is 0 Å². The van der Waals surface area contributed by atoms with E-state index in [1.165, 1.54) is 19.3 Å². The van der Waals surface area contributed by atoms with E-state index in [4.69, 9.17) is 4.74 Å². The third-order valence-electron chi connectivity index (χ3n) is 2.97. The largest absolute Gasteiger partial charge is 0.393 e. The van der Waals surface area contributed by atoms with Crippen LogP contribution in [0.5, 0.6) is 0 Å². The lowest BCUT2D eigenvalue weighted by Crippen LogP contribution is -2.12. The van der Waals surface area contributed by atoms with E-state index in [0.717, 1.165) is 25.7 Å². The summed E-state index contributed by atoms with van der Waals surface area (Å²) < 4.78 is 5.44. The summed E-state index contributed by atoms with van der Waals surface area (Å²) in [6.07, 6.45) is 10.6. The lowest BCUT2D eigenvalue weighted by Gasteiger charge is -2.16. The summed E-state index contributed by atoms with van der Waals surface area (Å²) in [5.74, 6) is 0. The zero-order valence-electron chi connectivity index (χ0n) is 11.0. The van der Waals surface area contributed by atoms with E-state index in [1.807, 2.05) is 0 Å². The fourth-order valence-electron chi connectivity index (χ4n) is 1.89. The molecule has 2 atom stereocenters. The Balaban J connectivity index is 3.50. The fourth-order valence-corrected chi connectivity index (χ4v) is 1.89. The van der Waals surface area contributed by atoms with E-state index in [1.54, 1.807) is 13.2 Å². The van der Waals surface area contributed by atoms with Crippen molar-refractivity contribution in [2.24, 2.45) is 0 Å². The summed E-state index contributed by atoms with van der Waals surface area (Å²) in [7, 11) is 1.79. The third kappa shape index (κ3) is 8.93. The number of aliphatic hydroxyl groups is 1. The molecular formula is C14H28O2. The van der Waals surface area contributed by atoms with Crippen molar-refractivity contribution in [2.45, 2.75) is 70.5 Å². The summed E-state index contributed by atoms with van der Waals surface area (Å²) in [6, 6.07) is 0. The Hall–Kier alpha value is -0.340. The van der Waals surface area contributed by atoms with Gasteiger partial charge in [-0.05, 0) is 32.1 Å². The van der Waals surface area contributed by atoms with Gasteiger partial charge in [0.1, 0.15) is 0 Å². The lowest BCUT2D eigenvalue weighted by molar-refractivity contribution is 0.0777. The number of ether oxygens (including phenoxy) is 1. The van der Waals surface area contributed by atoms with Crippen molar-refractivity contribution in [2.75, 3.05) is 7.11 Å². The van der Waals surface area contributed by atoms with Gasteiger partial charge in [0.25, 0.3) is 0 Å². The monoisotopic (exact) mass is 228 g/mol. The van der Waals surface area contributed by atoms with Gasteiger partial charge < -0.3 is 9.84 Å². The zero-order valence-corrected chi connectivity index (χ0v) is 11.0. The Morgan fingerprint density at radius 3 is 2.44 bits per heavy atom. The van der Waals surface area contributed by atoms with Crippen LogP contribution in [-0.4, -0.2) is 24.4 Å². The second kappa shape index (κ2) is 11.2. The number of hydrogen-bond donors (Lipinski definition) is 1. The summed E-state index contributed by atoms with van der Waals surface area (Å²) in [6.45, 7) is 5.84. The van der Waals surface area contributed by atoms with Crippen LogP contribution in [0.4, 0.5) is 0 Å². The molecule has 0 saturated heterocycles. The van der Waals surface area contributed by atoms with Crippen LogP contribution in [0, 0.1) is 0 Å². The van der Waals surface area contributed by atoms with E-state index in [0.29, 0.717) is 12.5 Å².